The van der Waals surface area contributed by atoms with E-state index < -0.39 is 17.5 Å². The molecule has 5 nitrogen and oxygen atoms in total. The van der Waals surface area contributed by atoms with Crippen molar-refractivity contribution in [2.45, 2.75) is 13.5 Å². The number of fused-ring (bicyclic) bond motifs is 1. The molecule has 3 aromatic heterocycles. The Morgan fingerprint density at radius 1 is 1.19 bits per heavy atom. The Hall–Kier alpha value is -3.48. The van der Waals surface area contributed by atoms with Crippen molar-refractivity contribution in [1.82, 2.24) is 9.38 Å². The number of hydrogen-bond donors (Lipinski definition) is 0. The summed E-state index contributed by atoms with van der Waals surface area (Å²) < 4.78 is 34.8. The fourth-order valence-corrected chi connectivity index (χ4v) is 2.91. The number of carbonyl (C=O) groups excluding carboxylic acids is 1. The van der Waals surface area contributed by atoms with Crippen LogP contribution in [-0.2, 0) is 6.54 Å². The molecule has 3 heterocycles. The number of anilines is 1. The van der Waals surface area contributed by atoms with Gasteiger partial charge >= 0.3 is 0 Å². The van der Waals surface area contributed by atoms with Gasteiger partial charge in [0.15, 0.2) is 0 Å². The van der Waals surface area contributed by atoms with Crippen LogP contribution in [-0.4, -0.2) is 15.3 Å². The van der Waals surface area contributed by atoms with Crippen LogP contribution in [0.3, 0.4) is 0 Å². The zero-order chi connectivity index (χ0) is 19.0. The van der Waals surface area contributed by atoms with Gasteiger partial charge in [-0.15, -0.1) is 0 Å². The first-order valence-electron chi connectivity index (χ1n) is 8.27. The van der Waals surface area contributed by atoms with E-state index in [9.17, 15) is 13.6 Å². The summed E-state index contributed by atoms with van der Waals surface area (Å²) in [4.78, 5) is 18.7. The van der Waals surface area contributed by atoms with Gasteiger partial charge < -0.3 is 8.82 Å². The Kier molecular flexibility index (Phi) is 4.19. The first kappa shape index (κ1) is 17.0. The molecule has 0 spiro atoms. The average Bonchev–Trinajstić information content (AvgIpc) is 3.30. The zero-order valence-corrected chi connectivity index (χ0v) is 14.4. The molecule has 7 heteroatoms. The molecule has 0 N–H and O–H groups in total. The molecule has 0 radical (unpaired) electrons. The number of pyridine rings is 1. The van der Waals surface area contributed by atoms with E-state index >= 15 is 0 Å². The monoisotopic (exact) mass is 367 g/mol. The molecule has 0 bridgehead atoms. The SMILES string of the molecule is Cc1cccc2nc(C(=O)N(Cc3ccco3)c3ccc(F)cc3F)cn12. The minimum absolute atomic E-state index is 0.0127. The third-order valence-corrected chi connectivity index (χ3v) is 4.25. The summed E-state index contributed by atoms with van der Waals surface area (Å²) in [6.45, 7) is 1.88. The Morgan fingerprint density at radius 2 is 2.04 bits per heavy atom. The number of rotatable bonds is 4. The van der Waals surface area contributed by atoms with Gasteiger partial charge in [0.25, 0.3) is 5.91 Å². The van der Waals surface area contributed by atoms with E-state index in [2.05, 4.69) is 4.98 Å². The standard InChI is InChI=1S/C20H15F2N3O2/c1-13-4-2-6-19-23-17(12-24(13)19)20(26)25(11-15-5-3-9-27-15)18-8-7-14(21)10-16(18)22/h2-10,12H,11H2,1H3. The number of benzene rings is 1. The van der Waals surface area contributed by atoms with Crippen molar-refractivity contribution < 1.29 is 18.0 Å². The summed E-state index contributed by atoms with van der Waals surface area (Å²) in [6, 6.07) is 11.9. The van der Waals surface area contributed by atoms with Gasteiger partial charge in [-0.25, -0.2) is 13.8 Å². The number of aromatic nitrogens is 2. The minimum Gasteiger partial charge on any atom is -0.467 e. The second-order valence-electron chi connectivity index (χ2n) is 6.09. The van der Waals surface area contributed by atoms with E-state index in [4.69, 9.17) is 4.42 Å². The predicted molar refractivity (Wildman–Crippen MR) is 95.5 cm³/mol. The van der Waals surface area contributed by atoms with E-state index in [1.165, 1.54) is 17.2 Å². The van der Waals surface area contributed by atoms with Crippen LogP contribution < -0.4 is 4.90 Å². The van der Waals surface area contributed by atoms with Gasteiger partial charge in [0, 0.05) is 18.0 Å². The maximum absolute atomic E-state index is 14.4. The van der Waals surface area contributed by atoms with Crippen LogP contribution in [0.25, 0.3) is 5.65 Å². The minimum atomic E-state index is -0.838. The first-order valence-corrected chi connectivity index (χ1v) is 8.27. The van der Waals surface area contributed by atoms with Gasteiger partial charge in [-0.1, -0.05) is 6.07 Å². The lowest BCUT2D eigenvalue weighted by atomic mass is 10.2. The molecule has 0 fully saturated rings. The molecule has 0 saturated heterocycles. The maximum atomic E-state index is 14.4. The van der Waals surface area contributed by atoms with Gasteiger partial charge in [-0.2, -0.15) is 0 Å². The average molecular weight is 367 g/mol. The Balaban J connectivity index is 1.78. The van der Waals surface area contributed by atoms with Crippen LogP contribution in [0.1, 0.15) is 21.9 Å². The van der Waals surface area contributed by atoms with Crippen LogP contribution >= 0.6 is 0 Å². The summed E-state index contributed by atoms with van der Waals surface area (Å²) >= 11 is 0. The van der Waals surface area contributed by atoms with Crippen molar-refractivity contribution >= 4 is 17.2 Å². The highest BCUT2D eigenvalue weighted by Crippen LogP contribution is 2.25. The molecule has 0 saturated carbocycles. The number of amides is 1. The normalized spacial score (nSPS) is 11.1. The van der Waals surface area contributed by atoms with Crippen molar-refractivity contribution in [1.29, 1.82) is 0 Å². The highest BCUT2D eigenvalue weighted by Gasteiger charge is 2.24. The summed E-state index contributed by atoms with van der Waals surface area (Å²) in [5.74, 6) is -1.60. The summed E-state index contributed by atoms with van der Waals surface area (Å²) in [5, 5.41) is 0. The highest BCUT2D eigenvalue weighted by molar-refractivity contribution is 6.05. The smallest absolute Gasteiger partial charge is 0.279 e. The molecule has 27 heavy (non-hydrogen) atoms. The molecule has 4 rings (SSSR count). The van der Waals surface area contributed by atoms with Crippen LogP contribution in [0, 0.1) is 18.6 Å². The molecule has 0 unspecified atom stereocenters. The molecule has 1 aromatic carbocycles. The number of nitrogens with zero attached hydrogens (tertiary/aromatic N) is 3. The number of furan rings is 1. The topological polar surface area (TPSA) is 50.8 Å². The van der Waals surface area contributed by atoms with E-state index in [0.29, 0.717) is 11.4 Å². The predicted octanol–water partition coefficient (Wildman–Crippen LogP) is 4.36. The molecular weight excluding hydrogens is 352 g/mol. The molecular formula is C20H15F2N3O2. The van der Waals surface area contributed by atoms with Crippen molar-refractivity contribution in [3.63, 3.8) is 0 Å². The van der Waals surface area contributed by atoms with Gasteiger partial charge in [0.2, 0.25) is 0 Å². The van der Waals surface area contributed by atoms with Crippen molar-refractivity contribution in [3.05, 3.63) is 89.8 Å². The molecule has 0 aliphatic heterocycles. The second-order valence-corrected chi connectivity index (χ2v) is 6.09. The largest absolute Gasteiger partial charge is 0.467 e. The van der Waals surface area contributed by atoms with E-state index in [0.717, 1.165) is 17.8 Å². The van der Waals surface area contributed by atoms with Crippen LogP contribution in [0.5, 0.6) is 0 Å². The Morgan fingerprint density at radius 3 is 2.74 bits per heavy atom. The third-order valence-electron chi connectivity index (χ3n) is 4.25. The van der Waals surface area contributed by atoms with Gasteiger partial charge in [-0.3, -0.25) is 9.69 Å². The van der Waals surface area contributed by atoms with Crippen LogP contribution in [0.15, 0.2) is 65.4 Å². The Bertz CT molecular complexity index is 1120. The molecule has 1 amide bonds. The van der Waals surface area contributed by atoms with E-state index in [1.807, 2.05) is 19.1 Å². The van der Waals surface area contributed by atoms with Crippen molar-refractivity contribution in [3.8, 4) is 0 Å². The van der Waals surface area contributed by atoms with Gasteiger partial charge in [0.1, 0.15) is 28.7 Å². The molecule has 0 aliphatic carbocycles. The molecule has 136 valence electrons. The summed E-state index contributed by atoms with van der Waals surface area (Å²) in [5.41, 5.74) is 1.62. The fraction of sp³-hybridized carbons (Fsp3) is 0.100. The highest BCUT2D eigenvalue weighted by atomic mass is 19.1. The van der Waals surface area contributed by atoms with Crippen molar-refractivity contribution in [2.75, 3.05) is 4.90 Å². The summed E-state index contributed by atoms with van der Waals surface area (Å²) in [7, 11) is 0. The van der Waals surface area contributed by atoms with E-state index in [-0.39, 0.29) is 17.9 Å². The van der Waals surface area contributed by atoms with Crippen LogP contribution in [0.2, 0.25) is 0 Å². The zero-order valence-electron chi connectivity index (χ0n) is 14.4. The lowest BCUT2D eigenvalue weighted by Gasteiger charge is -2.21. The number of aryl methyl sites for hydroxylation is 1. The fourth-order valence-electron chi connectivity index (χ4n) is 2.91. The van der Waals surface area contributed by atoms with Gasteiger partial charge in [0.05, 0.1) is 18.5 Å². The lowest BCUT2D eigenvalue weighted by molar-refractivity contribution is 0.0978. The number of halogens is 2. The van der Waals surface area contributed by atoms with Crippen molar-refractivity contribution in [2.24, 2.45) is 0 Å². The molecule has 4 aromatic rings. The third kappa shape index (κ3) is 3.19. The summed E-state index contributed by atoms with van der Waals surface area (Å²) in [6.07, 6.45) is 3.07. The number of imidazole rings is 1. The quantitative estimate of drug-likeness (QED) is 0.538. The molecule has 0 aliphatic rings. The van der Waals surface area contributed by atoms with Gasteiger partial charge in [-0.05, 0) is 43.3 Å². The first-order chi connectivity index (χ1) is 13.0. The maximum Gasteiger partial charge on any atom is 0.279 e. The Labute approximate surface area is 153 Å². The van der Waals surface area contributed by atoms with Crippen LogP contribution in [0.4, 0.5) is 14.5 Å². The molecule has 0 atom stereocenters. The number of hydrogen-bond acceptors (Lipinski definition) is 3. The lowest BCUT2D eigenvalue weighted by Crippen LogP contribution is -2.31. The van der Waals surface area contributed by atoms with E-state index in [1.54, 1.807) is 28.8 Å². The second kappa shape index (κ2) is 6.68. The number of carbonyl (C=O) groups is 1.